The highest BCUT2D eigenvalue weighted by Crippen LogP contribution is 2.19. The zero-order chi connectivity index (χ0) is 15.0. The van der Waals surface area contributed by atoms with Gasteiger partial charge in [-0.25, -0.2) is 0 Å². The molecule has 0 heterocycles. The minimum Gasteiger partial charge on any atom is -0.377 e. The number of nitrogens with zero attached hydrogens (tertiary/aromatic N) is 1. The number of benzene rings is 1. The van der Waals surface area contributed by atoms with Gasteiger partial charge in [0.05, 0.1) is 12.7 Å². The summed E-state index contributed by atoms with van der Waals surface area (Å²) in [6.45, 7) is 6.93. The van der Waals surface area contributed by atoms with Gasteiger partial charge in [0, 0.05) is 17.6 Å². The van der Waals surface area contributed by atoms with Crippen molar-refractivity contribution in [1.82, 2.24) is 10.2 Å². The van der Waals surface area contributed by atoms with E-state index in [1.165, 1.54) is 5.56 Å². The normalized spacial score (nSPS) is 13.2. The molecule has 1 aromatic rings. The third-order valence-electron chi connectivity index (χ3n) is 3.34. The van der Waals surface area contributed by atoms with Crippen molar-refractivity contribution in [3.8, 4) is 0 Å². The van der Waals surface area contributed by atoms with Crippen LogP contribution in [-0.2, 0) is 4.74 Å². The zero-order valence-corrected chi connectivity index (χ0v) is 13.8. The van der Waals surface area contributed by atoms with Crippen LogP contribution in [-0.4, -0.2) is 44.8 Å². The molecule has 0 saturated heterocycles. The van der Waals surface area contributed by atoms with E-state index in [0.717, 1.165) is 31.1 Å². The van der Waals surface area contributed by atoms with Gasteiger partial charge in [-0.05, 0) is 58.6 Å². The molecule has 0 aliphatic heterocycles. The summed E-state index contributed by atoms with van der Waals surface area (Å²) in [7, 11) is 4.14. The molecule has 0 saturated carbocycles. The van der Waals surface area contributed by atoms with Crippen LogP contribution in [0.5, 0.6) is 0 Å². The van der Waals surface area contributed by atoms with E-state index >= 15 is 0 Å². The number of nitrogens with one attached hydrogen (secondary N) is 1. The summed E-state index contributed by atoms with van der Waals surface area (Å²) in [5.74, 6) is 0. The predicted octanol–water partition coefficient (Wildman–Crippen LogP) is 3.35. The molecule has 1 atom stereocenters. The standard InChI is InChI=1S/C16H27ClN2O/c1-13(2)20-12-11-19(4)10-9-16(18-3)14-5-7-15(17)8-6-14/h5-8,13,16,18H,9-12H2,1-4H3. The Morgan fingerprint density at radius 1 is 1.20 bits per heavy atom. The summed E-state index contributed by atoms with van der Waals surface area (Å²) < 4.78 is 5.57. The predicted molar refractivity (Wildman–Crippen MR) is 86.5 cm³/mol. The minimum absolute atomic E-state index is 0.308. The topological polar surface area (TPSA) is 24.5 Å². The smallest absolute Gasteiger partial charge is 0.0596 e. The van der Waals surface area contributed by atoms with Gasteiger partial charge in [-0.1, -0.05) is 23.7 Å². The summed E-state index contributed by atoms with van der Waals surface area (Å²) in [6.07, 6.45) is 1.37. The lowest BCUT2D eigenvalue weighted by Crippen LogP contribution is -2.28. The van der Waals surface area contributed by atoms with Gasteiger partial charge >= 0.3 is 0 Å². The van der Waals surface area contributed by atoms with Crippen molar-refractivity contribution in [2.24, 2.45) is 0 Å². The van der Waals surface area contributed by atoms with Crippen molar-refractivity contribution in [1.29, 1.82) is 0 Å². The van der Waals surface area contributed by atoms with E-state index in [1.807, 2.05) is 19.2 Å². The van der Waals surface area contributed by atoms with Crippen LogP contribution in [0.1, 0.15) is 31.9 Å². The second kappa shape index (κ2) is 9.35. The fourth-order valence-electron chi connectivity index (χ4n) is 2.08. The van der Waals surface area contributed by atoms with E-state index in [9.17, 15) is 0 Å². The highest BCUT2D eigenvalue weighted by molar-refractivity contribution is 6.30. The van der Waals surface area contributed by atoms with Crippen molar-refractivity contribution in [3.63, 3.8) is 0 Å². The number of ether oxygens (including phenoxy) is 1. The summed E-state index contributed by atoms with van der Waals surface area (Å²) >= 11 is 5.93. The van der Waals surface area contributed by atoms with Crippen LogP contribution < -0.4 is 5.32 Å². The zero-order valence-electron chi connectivity index (χ0n) is 13.0. The number of likely N-dealkylation sites (N-methyl/N-ethyl adjacent to an activating group) is 1. The largest absolute Gasteiger partial charge is 0.377 e. The van der Waals surface area contributed by atoms with Crippen molar-refractivity contribution < 1.29 is 4.74 Å². The molecule has 0 radical (unpaired) electrons. The summed E-state index contributed by atoms with van der Waals surface area (Å²) in [4.78, 5) is 2.31. The summed E-state index contributed by atoms with van der Waals surface area (Å²) in [5, 5.41) is 4.15. The first-order valence-corrected chi connectivity index (χ1v) is 7.63. The maximum Gasteiger partial charge on any atom is 0.0596 e. The molecule has 1 N–H and O–H groups in total. The van der Waals surface area contributed by atoms with E-state index in [-0.39, 0.29) is 0 Å². The van der Waals surface area contributed by atoms with Crippen molar-refractivity contribution in [2.45, 2.75) is 32.4 Å². The van der Waals surface area contributed by atoms with Crippen LogP contribution in [0.25, 0.3) is 0 Å². The summed E-state index contributed by atoms with van der Waals surface area (Å²) in [6, 6.07) is 8.43. The van der Waals surface area contributed by atoms with Crippen molar-refractivity contribution in [2.75, 3.05) is 33.8 Å². The van der Waals surface area contributed by atoms with E-state index in [0.29, 0.717) is 12.1 Å². The molecule has 0 bridgehead atoms. The second-order valence-corrected chi connectivity index (χ2v) is 5.84. The average molecular weight is 299 g/mol. The molecule has 3 nitrogen and oxygen atoms in total. The summed E-state index contributed by atoms with van der Waals surface area (Å²) in [5.41, 5.74) is 1.28. The molecular formula is C16H27ClN2O. The van der Waals surface area contributed by atoms with Gasteiger partial charge in [-0.2, -0.15) is 0 Å². The molecule has 0 aromatic heterocycles. The Kier molecular flexibility index (Phi) is 8.15. The number of hydrogen-bond donors (Lipinski definition) is 1. The molecular weight excluding hydrogens is 272 g/mol. The van der Waals surface area contributed by atoms with Crippen LogP contribution in [0, 0.1) is 0 Å². The highest BCUT2D eigenvalue weighted by atomic mass is 35.5. The lowest BCUT2D eigenvalue weighted by molar-refractivity contribution is 0.0633. The fraction of sp³-hybridized carbons (Fsp3) is 0.625. The molecule has 20 heavy (non-hydrogen) atoms. The maximum atomic E-state index is 5.93. The first-order valence-electron chi connectivity index (χ1n) is 7.25. The Morgan fingerprint density at radius 3 is 2.40 bits per heavy atom. The lowest BCUT2D eigenvalue weighted by Gasteiger charge is -2.22. The molecule has 0 aliphatic rings. The number of halogens is 1. The quantitative estimate of drug-likeness (QED) is 0.757. The second-order valence-electron chi connectivity index (χ2n) is 5.40. The lowest BCUT2D eigenvalue weighted by atomic mass is 10.0. The molecule has 1 unspecified atom stereocenters. The van der Waals surface area contributed by atoms with Gasteiger partial charge < -0.3 is 15.0 Å². The third-order valence-corrected chi connectivity index (χ3v) is 3.60. The minimum atomic E-state index is 0.308. The fourth-order valence-corrected chi connectivity index (χ4v) is 2.20. The Morgan fingerprint density at radius 2 is 1.85 bits per heavy atom. The Bertz CT molecular complexity index is 367. The highest BCUT2D eigenvalue weighted by Gasteiger charge is 2.10. The monoisotopic (exact) mass is 298 g/mol. The van der Waals surface area contributed by atoms with E-state index in [1.54, 1.807) is 0 Å². The molecule has 1 rings (SSSR count). The van der Waals surface area contributed by atoms with E-state index in [2.05, 4.69) is 43.2 Å². The van der Waals surface area contributed by atoms with Gasteiger partial charge in [0.2, 0.25) is 0 Å². The average Bonchev–Trinajstić information content (AvgIpc) is 2.41. The Balaban J connectivity index is 2.35. The van der Waals surface area contributed by atoms with Gasteiger partial charge in [0.15, 0.2) is 0 Å². The van der Waals surface area contributed by atoms with Crippen LogP contribution in [0.2, 0.25) is 5.02 Å². The van der Waals surface area contributed by atoms with Gasteiger partial charge in [0.25, 0.3) is 0 Å². The molecule has 0 fully saturated rings. The third kappa shape index (κ3) is 6.71. The molecule has 114 valence electrons. The first kappa shape index (κ1) is 17.4. The van der Waals surface area contributed by atoms with Gasteiger partial charge in [0.1, 0.15) is 0 Å². The van der Waals surface area contributed by atoms with Crippen molar-refractivity contribution in [3.05, 3.63) is 34.9 Å². The number of rotatable bonds is 9. The van der Waals surface area contributed by atoms with Crippen LogP contribution in [0.4, 0.5) is 0 Å². The molecule has 0 aliphatic carbocycles. The van der Waals surface area contributed by atoms with Crippen molar-refractivity contribution >= 4 is 11.6 Å². The van der Waals surface area contributed by atoms with Crippen LogP contribution >= 0.6 is 11.6 Å². The molecule has 4 heteroatoms. The van der Waals surface area contributed by atoms with Gasteiger partial charge in [-0.3, -0.25) is 0 Å². The molecule has 1 aromatic carbocycles. The van der Waals surface area contributed by atoms with E-state index in [4.69, 9.17) is 16.3 Å². The Hall–Kier alpha value is -0.610. The first-order chi connectivity index (χ1) is 9.52. The van der Waals surface area contributed by atoms with Crippen LogP contribution in [0.15, 0.2) is 24.3 Å². The molecule has 0 spiro atoms. The number of hydrogen-bond acceptors (Lipinski definition) is 3. The Labute approximate surface area is 128 Å². The van der Waals surface area contributed by atoms with Crippen LogP contribution in [0.3, 0.4) is 0 Å². The van der Waals surface area contributed by atoms with E-state index < -0.39 is 0 Å². The van der Waals surface area contributed by atoms with Gasteiger partial charge in [-0.15, -0.1) is 0 Å². The maximum absolute atomic E-state index is 5.93. The molecule has 0 amide bonds. The SMILES string of the molecule is CNC(CCN(C)CCOC(C)C)c1ccc(Cl)cc1.